The molecule has 1 aromatic carbocycles. The average molecular weight is 311 g/mol. The molecule has 1 N–H and O–H groups in total. The molecular weight excluding hydrogens is 294 g/mol. The minimum Gasteiger partial charge on any atom is -0.447 e. The van der Waals surface area contributed by atoms with Gasteiger partial charge in [0.15, 0.2) is 0 Å². The van der Waals surface area contributed by atoms with Crippen molar-refractivity contribution in [2.24, 2.45) is 0 Å². The second-order valence-electron chi connectivity index (χ2n) is 5.30. The molecule has 0 spiro atoms. The zero-order valence-corrected chi connectivity index (χ0v) is 12.7. The van der Waals surface area contributed by atoms with Crippen LogP contribution in [0.1, 0.15) is 28.9 Å². The van der Waals surface area contributed by atoms with Crippen molar-refractivity contribution in [1.29, 1.82) is 0 Å². The fourth-order valence-corrected chi connectivity index (χ4v) is 2.44. The second-order valence-corrected chi connectivity index (χ2v) is 5.30. The third-order valence-electron chi connectivity index (χ3n) is 3.71. The molecule has 1 fully saturated rings. The van der Waals surface area contributed by atoms with Gasteiger partial charge in [-0.15, -0.1) is 0 Å². The van der Waals surface area contributed by atoms with Gasteiger partial charge in [0, 0.05) is 23.6 Å². The van der Waals surface area contributed by atoms with E-state index in [1.807, 2.05) is 19.1 Å². The molecule has 1 atom stereocenters. The van der Waals surface area contributed by atoms with E-state index in [1.54, 1.807) is 36.7 Å². The largest absolute Gasteiger partial charge is 0.447 e. The smallest absolute Gasteiger partial charge is 0.414 e. The van der Waals surface area contributed by atoms with Crippen LogP contribution in [0.3, 0.4) is 0 Å². The fraction of sp³-hybridized carbons (Fsp3) is 0.235. The normalized spacial score (nSPS) is 15.2. The third kappa shape index (κ3) is 3.31. The van der Waals surface area contributed by atoms with Crippen molar-refractivity contribution in [1.82, 2.24) is 10.3 Å². The van der Waals surface area contributed by atoms with E-state index in [-0.39, 0.29) is 18.0 Å². The molecule has 0 radical (unpaired) electrons. The lowest BCUT2D eigenvalue weighted by Gasteiger charge is -2.16. The molecule has 0 aliphatic carbocycles. The van der Waals surface area contributed by atoms with Gasteiger partial charge in [-0.3, -0.25) is 14.7 Å². The highest BCUT2D eigenvalue weighted by molar-refractivity contribution is 5.97. The molecule has 6 heteroatoms. The van der Waals surface area contributed by atoms with Crippen molar-refractivity contribution in [2.45, 2.75) is 13.0 Å². The summed E-state index contributed by atoms with van der Waals surface area (Å²) in [7, 11) is 0. The Hall–Kier alpha value is -2.89. The Morgan fingerprint density at radius 2 is 2.22 bits per heavy atom. The number of aromatic nitrogens is 1. The van der Waals surface area contributed by atoms with E-state index in [0.29, 0.717) is 24.4 Å². The summed E-state index contributed by atoms with van der Waals surface area (Å²) < 4.78 is 4.92. The summed E-state index contributed by atoms with van der Waals surface area (Å²) in [6.45, 7) is 2.76. The van der Waals surface area contributed by atoms with E-state index in [4.69, 9.17) is 4.74 Å². The van der Waals surface area contributed by atoms with E-state index >= 15 is 0 Å². The first kappa shape index (κ1) is 15.0. The van der Waals surface area contributed by atoms with Crippen LogP contribution in [0.2, 0.25) is 0 Å². The number of rotatable bonds is 4. The lowest BCUT2D eigenvalue weighted by Crippen LogP contribution is -2.27. The Balaban J connectivity index is 1.74. The maximum Gasteiger partial charge on any atom is 0.414 e. The van der Waals surface area contributed by atoms with Gasteiger partial charge in [0.05, 0.1) is 12.6 Å². The van der Waals surface area contributed by atoms with Gasteiger partial charge in [-0.05, 0) is 36.8 Å². The van der Waals surface area contributed by atoms with Crippen LogP contribution in [-0.4, -0.2) is 30.1 Å². The Bertz CT molecular complexity index is 718. The standard InChI is InChI=1S/C17H17N3O3/c1-12(14-5-3-7-18-11-14)19-16(21)13-4-2-6-15(10-13)20-8-9-23-17(20)22/h2-7,10-12H,8-9H2,1H3,(H,19,21)/t12-/m1/s1. The van der Waals surface area contributed by atoms with E-state index in [2.05, 4.69) is 10.3 Å². The van der Waals surface area contributed by atoms with Crippen molar-refractivity contribution in [3.63, 3.8) is 0 Å². The molecule has 1 aliphatic rings. The first-order valence-electron chi connectivity index (χ1n) is 7.40. The molecule has 0 unspecified atom stereocenters. The molecule has 6 nitrogen and oxygen atoms in total. The number of nitrogens with one attached hydrogen (secondary N) is 1. The van der Waals surface area contributed by atoms with Gasteiger partial charge < -0.3 is 10.1 Å². The predicted molar refractivity (Wildman–Crippen MR) is 85.3 cm³/mol. The average Bonchev–Trinajstić information content (AvgIpc) is 3.02. The van der Waals surface area contributed by atoms with Crippen LogP contribution in [-0.2, 0) is 4.74 Å². The fourth-order valence-electron chi connectivity index (χ4n) is 2.44. The summed E-state index contributed by atoms with van der Waals surface area (Å²) in [5, 5.41) is 2.93. The second kappa shape index (κ2) is 6.48. The quantitative estimate of drug-likeness (QED) is 0.942. The van der Waals surface area contributed by atoms with Gasteiger partial charge in [0.25, 0.3) is 5.91 Å². The Labute approximate surface area is 134 Å². The van der Waals surface area contributed by atoms with Crippen molar-refractivity contribution >= 4 is 17.7 Å². The van der Waals surface area contributed by atoms with E-state index in [0.717, 1.165) is 5.56 Å². The van der Waals surface area contributed by atoms with Crippen LogP contribution in [0, 0.1) is 0 Å². The Morgan fingerprint density at radius 3 is 2.91 bits per heavy atom. The van der Waals surface area contributed by atoms with Gasteiger partial charge in [0.2, 0.25) is 0 Å². The lowest BCUT2D eigenvalue weighted by atomic mass is 10.1. The summed E-state index contributed by atoms with van der Waals surface area (Å²) in [6.07, 6.45) is 3.03. The number of pyridine rings is 1. The maximum atomic E-state index is 12.4. The number of carbonyl (C=O) groups excluding carboxylic acids is 2. The molecular formula is C17H17N3O3. The summed E-state index contributed by atoms with van der Waals surface area (Å²) in [5.74, 6) is -0.198. The molecule has 1 aliphatic heterocycles. The topological polar surface area (TPSA) is 71.5 Å². The van der Waals surface area contributed by atoms with Crippen LogP contribution in [0.25, 0.3) is 0 Å². The maximum absolute atomic E-state index is 12.4. The monoisotopic (exact) mass is 311 g/mol. The number of anilines is 1. The summed E-state index contributed by atoms with van der Waals surface area (Å²) in [5.41, 5.74) is 2.09. The molecule has 1 aromatic heterocycles. The van der Waals surface area contributed by atoms with Crippen LogP contribution in [0.4, 0.5) is 10.5 Å². The molecule has 0 saturated carbocycles. The molecule has 2 heterocycles. The zero-order chi connectivity index (χ0) is 16.2. The predicted octanol–water partition coefficient (Wildman–Crippen LogP) is 2.53. The summed E-state index contributed by atoms with van der Waals surface area (Å²) in [4.78, 5) is 29.6. The molecule has 1 saturated heterocycles. The molecule has 2 amide bonds. The van der Waals surface area contributed by atoms with Gasteiger partial charge in [-0.25, -0.2) is 4.79 Å². The number of carbonyl (C=O) groups is 2. The number of amides is 2. The number of hydrogen-bond donors (Lipinski definition) is 1. The third-order valence-corrected chi connectivity index (χ3v) is 3.71. The Kier molecular flexibility index (Phi) is 4.23. The van der Waals surface area contributed by atoms with E-state index in [9.17, 15) is 9.59 Å². The molecule has 118 valence electrons. The number of ether oxygens (including phenoxy) is 1. The highest BCUT2D eigenvalue weighted by Crippen LogP contribution is 2.20. The minimum absolute atomic E-state index is 0.156. The van der Waals surface area contributed by atoms with Crippen LogP contribution in [0.15, 0.2) is 48.8 Å². The van der Waals surface area contributed by atoms with Crippen molar-refractivity contribution < 1.29 is 14.3 Å². The molecule has 0 bridgehead atoms. The lowest BCUT2D eigenvalue weighted by molar-refractivity contribution is 0.0939. The number of nitrogens with zero attached hydrogens (tertiary/aromatic N) is 2. The van der Waals surface area contributed by atoms with Crippen molar-refractivity contribution in [3.05, 3.63) is 59.9 Å². The van der Waals surface area contributed by atoms with Gasteiger partial charge in [-0.2, -0.15) is 0 Å². The number of benzene rings is 1. The number of hydrogen-bond acceptors (Lipinski definition) is 4. The summed E-state index contributed by atoms with van der Waals surface area (Å²) >= 11 is 0. The first-order valence-corrected chi connectivity index (χ1v) is 7.40. The molecule has 23 heavy (non-hydrogen) atoms. The van der Waals surface area contributed by atoms with Gasteiger partial charge >= 0.3 is 6.09 Å². The molecule has 2 aromatic rings. The first-order chi connectivity index (χ1) is 11.1. The van der Waals surface area contributed by atoms with E-state index in [1.165, 1.54) is 4.90 Å². The van der Waals surface area contributed by atoms with Gasteiger partial charge in [0.1, 0.15) is 6.61 Å². The van der Waals surface area contributed by atoms with Gasteiger partial charge in [-0.1, -0.05) is 12.1 Å². The number of cyclic esters (lactones) is 1. The van der Waals surface area contributed by atoms with E-state index < -0.39 is 0 Å². The zero-order valence-electron chi connectivity index (χ0n) is 12.7. The van der Waals surface area contributed by atoms with Crippen LogP contribution >= 0.6 is 0 Å². The highest BCUT2D eigenvalue weighted by Gasteiger charge is 2.24. The molecule has 3 rings (SSSR count). The van der Waals surface area contributed by atoms with Crippen molar-refractivity contribution in [3.8, 4) is 0 Å². The highest BCUT2D eigenvalue weighted by atomic mass is 16.6. The van der Waals surface area contributed by atoms with Crippen molar-refractivity contribution in [2.75, 3.05) is 18.1 Å². The SMILES string of the molecule is C[C@@H](NC(=O)c1cccc(N2CCOC2=O)c1)c1cccnc1. The van der Waals surface area contributed by atoms with Crippen LogP contribution < -0.4 is 10.2 Å². The Morgan fingerprint density at radius 1 is 1.35 bits per heavy atom. The minimum atomic E-state index is -0.383. The van der Waals surface area contributed by atoms with Crippen LogP contribution in [0.5, 0.6) is 0 Å². The summed E-state index contributed by atoms with van der Waals surface area (Å²) in [6, 6.07) is 10.5.